The van der Waals surface area contributed by atoms with Crippen molar-refractivity contribution >= 4 is 11.5 Å². The van der Waals surface area contributed by atoms with E-state index in [0.29, 0.717) is 5.56 Å². The molecule has 2 aromatic rings. The first-order chi connectivity index (χ1) is 9.08. The molecule has 0 aliphatic heterocycles. The number of benzene rings is 2. The van der Waals surface area contributed by atoms with Gasteiger partial charge in [0.25, 0.3) is 0 Å². The molecule has 3 nitrogen and oxygen atoms in total. The molecule has 0 aromatic heterocycles. The number of hydrogen-bond donors (Lipinski definition) is 2. The Hall–Kier alpha value is -2.62. The van der Waals surface area contributed by atoms with Gasteiger partial charge < -0.3 is 10.2 Å². The summed E-state index contributed by atoms with van der Waals surface area (Å²) in [5.41, 5.74) is 0.418. The van der Waals surface area contributed by atoms with E-state index in [1.165, 1.54) is 36.4 Å². The number of rotatable bonds is 3. The Morgan fingerprint density at radius 3 is 2.32 bits per heavy atom. The van der Waals surface area contributed by atoms with Crippen LogP contribution in [0.3, 0.4) is 0 Å². The van der Waals surface area contributed by atoms with Gasteiger partial charge in [-0.15, -0.1) is 0 Å². The Morgan fingerprint density at radius 2 is 1.68 bits per heavy atom. The number of allylic oxidation sites excluding steroid dienone is 1. The van der Waals surface area contributed by atoms with E-state index in [4.69, 9.17) is 0 Å². The standard InChI is InChI=1S/C15H11FO3/c16-11-7-5-10(6-8-11)14(18)9-15(19)12-3-1-2-4-13(12)17/h1-9,17-18H/b14-9-. The fraction of sp³-hybridized carbons (Fsp3) is 0. The largest absolute Gasteiger partial charge is 0.507 e. The molecule has 0 amide bonds. The van der Waals surface area contributed by atoms with Crippen molar-refractivity contribution < 1.29 is 19.4 Å². The molecule has 2 aromatic carbocycles. The van der Waals surface area contributed by atoms with Crippen LogP contribution in [0.25, 0.3) is 5.76 Å². The van der Waals surface area contributed by atoms with E-state index in [9.17, 15) is 19.4 Å². The van der Waals surface area contributed by atoms with Gasteiger partial charge in [-0.3, -0.25) is 4.79 Å². The number of hydrogen-bond acceptors (Lipinski definition) is 3. The molecule has 0 fully saturated rings. The molecule has 4 heteroatoms. The maximum absolute atomic E-state index is 12.7. The minimum absolute atomic E-state index is 0.0937. The molecule has 0 atom stereocenters. The fourth-order valence-electron chi connectivity index (χ4n) is 1.59. The zero-order valence-corrected chi connectivity index (χ0v) is 9.88. The Bertz CT molecular complexity index is 630. The van der Waals surface area contributed by atoms with E-state index in [1.807, 2.05) is 0 Å². The maximum Gasteiger partial charge on any atom is 0.193 e. The molecule has 2 rings (SSSR count). The van der Waals surface area contributed by atoms with Gasteiger partial charge in [0.2, 0.25) is 0 Å². The van der Waals surface area contributed by atoms with Gasteiger partial charge >= 0.3 is 0 Å². The number of phenols is 1. The van der Waals surface area contributed by atoms with Crippen LogP contribution in [-0.2, 0) is 0 Å². The highest BCUT2D eigenvalue weighted by Crippen LogP contribution is 2.19. The van der Waals surface area contributed by atoms with E-state index >= 15 is 0 Å². The first-order valence-electron chi connectivity index (χ1n) is 5.57. The van der Waals surface area contributed by atoms with Crippen LogP contribution < -0.4 is 0 Å². The van der Waals surface area contributed by atoms with Gasteiger partial charge in [0, 0.05) is 11.6 Å². The quantitative estimate of drug-likeness (QED) is 0.504. The molecule has 0 radical (unpaired) electrons. The third-order valence-corrected chi connectivity index (χ3v) is 2.58. The molecule has 0 aliphatic rings. The summed E-state index contributed by atoms with van der Waals surface area (Å²) < 4.78 is 12.7. The van der Waals surface area contributed by atoms with Crippen molar-refractivity contribution in [2.45, 2.75) is 0 Å². The van der Waals surface area contributed by atoms with Gasteiger partial charge in [-0.1, -0.05) is 12.1 Å². The predicted octanol–water partition coefficient (Wildman–Crippen LogP) is 3.31. The number of halogens is 1. The highest BCUT2D eigenvalue weighted by molar-refractivity contribution is 6.09. The zero-order chi connectivity index (χ0) is 13.8. The SMILES string of the molecule is O=C(/C=C(\O)c1ccc(F)cc1)c1ccccc1O. The summed E-state index contributed by atoms with van der Waals surface area (Å²) in [5, 5.41) is 19.3. The Kier molecular flexibility index (Phi) is 3.61. The summed E-state index contributed by atoms with van der Waals surface area (Å²) in [6.07, 6.45) is 0.988. The number of aromatic hydroxyl groups is 1. The van der Waals surface area contributed by atoms with Gasteiger partial charge in [-0.25, -0.2) is 4.39 Å². The van der Waals surface area contributed by atoms with E-state index in [1.54, 1.807) is 12.1 Å². The average Bonchev–Trinajstić information content (AvgIpc) is 2.39. The summed E-state index contributed by atoms with van der Waals surface area (Å²) in [6, 6.07) is 11.1. The Morgan fingerprint density at radius 1 is 1.05 bits per heavy atom. The van der Waals surface area contributed by atoms with Crippen LogP contribution in [0.15, 0.2) is 54.6 Å². The van der Waals surface area contributed by atoms with E-state index in [0.717, 1.165) is 6.08 Å². The third-order valence-electron chi connectivity index (χ3n) is 2.58. The smallest absolute Gasteiger partial charge is 0.193 e. The predicted molar refractivity (Wildman–Crippen MR) is 69.4 cm³/mol. The highest BCUT2D eigenvalue weighted by atomic mass is 19.1. The molecule has 0 heterocycles. The number of aliphatic hydroxyl groups is 1. The van der Waals surface area contributed by atoms with Crippen LogP contribution in [0, 0.1) is 5.82 Å². The molecule has 0 saturated heterocycles. The van der Waals surface area contributed by atoms with E-state index in [2.05, 4.69) is 0 Å². The van der Waals surface area contributed by atoms with Crippen molar-refractivity contribution in [1.82, 2.24) is 0 Å². The van der Waals surface area contributed by atoms with Gasteiger partial charge in [-0.05, 0) is 36.4 Å². The van der Waals surface area contributed by atoms with Gasteiger partial charge in [0.1, 0.15) is 17.3 Å². The van der Waals surface area contributed by atoms with Crippen molar-refractivity contribution in [3.63, 3.8) is 0 Å². The Balaban J connectivity index is 2.28. The summed E-state index contributed by atoms with van der Waals surface area (Å²) >= 11 is 0. The van der Waals surface area contributed by atoms with E-state index in [-0.39, 0.29) is 17.1 Å². The van der Waals surface area contributed by atoms with Crippen LogP contribution >= 0.6 is 0 Å². The topological polar surface area (TPSA) is 57.5 Å². The second-order valence-corrected chi connectivity index (χ2v) is 3.92. The molecular weight excluding hydrogens is 247 g/mol. The Labute approximate surface area is 109 Å². The summed E-state index contributed by atoms with van der Waals surface area (Å²) in [5.74, 6) is -1.40. The maximum atomic E-state index is 12.7. The fourth-order valence-corrected chi connectivity index (χ4v) is 1.59. The lowest BCUT2D eigenvalue weighted by Gasteiger charge is -2.02. The number of ketones is 1. The highest BCUT2D eigenvalue weighted by Gasteiger charge is 2.09. The third kappa shape index (κ3) is 2.98. The van der Waals surface area contributed by atoms with Crippen LogP contribution in [-0.4, -0.2) is 16.0 Å². The van der Waals surface area contributed by atoms with Crippen molar-refractivity contribution in [3.8, 4) is 5.75 Å². The number of para-hydroxylation sites is 1. The molecule has 2 N–H and O–H groups in total. The summed E-state index contributed by atoms with van der Waals surface area (Å²) in [7, 11) is 0. The molecule has 19 heavy (non-hydrogen) atoms. The van der Waals surface area contributed by atoms with E-state index < -0.39 is 11.6 Å². The lowest BCUT2D eigenvalue weighted by Crippen LogP contribution is -1.97. The van der Waals surface area contributed by atoms with Crippen LogP contribution in [0.2, 0.25) is 0 Å². The molecule has 96 valence electrons. The normalized spacial score (nSPS) is 11.3. The van der Waals surface area contributed by atoms with Gasteiger partial charge in [0.05, 0.1) is 5.56 Å². The summed E-state index contributed by atoms with van der Waals surface area (Å²) in [6.45, 7) is 0. The molecule has 0 unspecified atom stereocenters. The minimum atomic E-state index is -0.528. The molecule has 0 saturated carbocycles. The average molecular weight is 258 g/mol. The van der Waals surface area contributed by atoms with Crippen LogP contribution in [0.1, 0.15) is 15.9 Å². The van der Waals surface area contributed by atoms with Crippen LogP contribution in [0.4, 0.5) is 4.39 Å². The monoisotopic (exact) mass is 258 g/mol. The number of carbonyl (C=O) groups excluding carboxylic acids is 1. The second-order valence-electron chi connectivity index (χ2n) is 3.92. The number of phenolic OH excluding ortho intramolecular Hbond substituents is 1. The van der Waals surface area contributed by atoms with Gasteiger partial charge in [0.15, 0.2) is 5.78 Å². The lowest BCUT2D eigenvalue weighted by molar-refractivity contribution is 0.104. The van der Waals surface area contributed by atoms with Crippen LogP contribution in [0.5, 0.6) is 5.75 Å². The molecular formula is C15H11FO3. The van der Waals surface area contributed by atoms with Gasteiger partial charge in [-0.2, -0.15) is 0 Å². The number of aliphatic hydroxyl groups excluding tert-OH is 1. The molecule has 0 bridgehead atoms. The second kappa shape index (κ2) is 5.35. The van der Waals surface area contributed by atoms with Crippen molar-refractivity contribution in [3.05, 3.63) is 71.6 Å². The first kappa shape index (κ1) is 12.8. The zero-order valence-electron chi connectivity index (χ0n) is 9.88. The molecule has 0 aliphatic carbocycles. The van der Waals surface area contributed by atoms with Crippen molar-refractivity contribution in [2.24, 2.45) is 0 Å². The van der Waals surface area contributed by atoms with Crippen molar-refractivity contribution in [2.75, 3.05) is 0 Å². The minimum Gasteiger partial charge on any atom is -0.507 e. The summed E-state index contributed by atoms with van der Waals surface area (Å²) in [4.78, 5) is 11.8. The molecule has 0 spiro atoms. The first-order valence-corrected chi connectivity index (χ1v) is 5.57. The lowest BCUT2D eigenvalue weighted by atomic mass is 10.1. The number of carbonyl (C=O) groups is 1. The van der Waals surface area contributed by atoms with Crippen molar-refractivity contribution in [1.29, 1.82) is 0 Å².